The van der Waals surface area contributed by atoms with E-state index in [1.54, 1.807) is 0 Å². The SMILES string of the molecule is CC(OC1C=C[C]=C(C(N)=O)N1)C(F)(F)F. The van der Waals surface area contributed by atoms with Crippen LogP contribution in [0.4, 0.5) is 13.2 Å². The van der Waals surface area contributed by atoms with Crippen LogP contribution in [0.25, 0.3) is 0 Å². The molecule has 3 N–H and O–H groups in total. The Morgan fingerprint density at radius 1 is 1.69 bits per heavy atom. The van der Waals surface area contributed by atoms with Crippen LogP contribution in [0.1, 0.15) is 6.92 Å². The van der Waals surface area contributed by atoms with Crippen LogP contribution in [0.15, 0.2) is 17.8 Å². The van der Waals surface area contributed by atoms with Crippen molar-refractivity contribution in [3.63, 3.8) is 0 Å². The molecule has 0 bridgehead atoms. The first kappa shape index (κ1) is 12.6. The molecule has 16 heavy (non-hydrogen) atoms. The lowest BCUT2D eigenvalue weighted by molar-refractivity contribution is -0.224. The van der Waals surface area contributed by atoms with Gasteiger partial charge in [-0.3, -0.25) is 4.79 Å². The molecule has 0 spiro atoms. The van der Waals surface area contributed by atoms with Gasteiger partial charge in [-0.2, -0.15) is 13.2 Å². The first-order valence-corrected chi connectivity index (χ1v) is 4.39. The van der Waals surface area contributed by atoms with Crippen LogP contribution >= 0.6 is 0 Å². The Morgan fingerprint density at radius 3 is 2.81 bits per heavy atom. The van der Waals surface area contributed by atoms with Crippen LogP contribution in [0, 0.1) is 6.08 Å². The molecular weight excluding hydrogens is 225 g/mol. The van der Waals surface area contributed by atoms with Crippen molar-refractivity contribution in [2.45, 2.75) is 25.4 Å². The van der Waals surface area contributed by atoms with Crippen molar-refractivity contribution in [1.82, 2.24) is 5.32 Å². The Bertz CT molecular complexity index is 336. The zero-order valence-electron chi connectivity index (χ0n) is 8.34. The Kier molecular flexibility index (Phi) is 3.58. The molecule has 0 fully saturated rings. The van der Waals surface area contributed by atoms with Crippen LogP contribution in [-0.4, -0.2) is 24.4 Å². The van der Waals surface area contributed by atoms with Crippen molar-refractivity contribution in [2.24, 2.45) is 5.73 Å². The Hall–Kier alpha value is -1.50. The summed E-state index contributed by atoms with van der Waals surface area (Å²) < 4.78 is 41.2. The molecule has 1 amide bonds. The van der Waals surface area contributed by atoms with Crippen molar-refractivity contribution in [2.75, 3.05) is 0 Å². The summed E-state index contributed by atoms with van der Waals surface area (Å²) in [6, 6.07) is 0. The summed E-state index contributed by atoms with van der Waals surface area (Å²) in [6.45, 7) is 0.876. The fourth-order valence-electron chi connectivity index (χ4n) is 0.970. The lowest BCUT2D eigenvalue weighted by atomic mass is 10.2. The number of allylic oxidation sites excluding steroid dienone is 2. The van der Waals surface area contributed by atoms with Crippen molar-refractivity contribution in [3.05, 3.63) is 23.9 Å². The standard InChI is InChI=1S/C9H10F3N2O2/c1-5(9(10,11)12)16-7-4-2-3-6(14-7)8(13)15/h2,4-5,7,14H,1H3,(H2,13,15). The first-order chi connectivity index (χ1) is 7.30. The van der Waals surface area contributed by atoms with Crippen molar-refractivity contribution in [3.8, 4) is 0 Å². The van der Waals surface area contributed by atoms with Gasteiger partial charge in [0.1, 0.15) is 11.9 Å². The molecule has 89 valence electrons. The quantitative estimate of drug-likeness (QED) is 0.753. The molecule has 1 radical (unpaired) electrons. The number of hydrogen-bond acceptors (Lipinski definition) is 3. The summed E-state index contributed by atoms with van der Waals surface area (Å²) in [5.41, 5.74) is 4.82. The number of alkyl halides is 3. The number of hydrogen-bond donors (Lipinski definition) is 2. The smallest absolute Gasteiger partial charge is 0.364 e. The van der Waals surface area contributed by atoms with E-state index in [-0.39, 0.29) is 5.70 Å². The number of halogens is 3. The van der Waals surface area contributed by atoms with Gasteiger partial charge in [0, 0.05) is 6.08 Å². The van der Waals surface area contributed by atoms with Crippen LogP contribution in [0.5, 0.6) is 0 Å². The largest absolute Gasteiger partial charge is 0.414 e. The van der Waals surface area contributed by atoms with Gasteiger partial charge in [-0.25, -0.2) is 0 Å². The van der Waals surface area contributed by atoms with Gasteiger partial charge in [0.25, 0.3) is 5.91 Å². The zero-order chi connectivity index (χ0) is 12.3. The Labute approximate surface area is 89.9 Å². The van der Waals surface area contributed by atoms with Crippen LogP contribution < -0.4 is 11.1 Å². The summed E-state index contributed by atoms with van der Waals surface area (Å²) in [5.74, 6) is -0.808. The molecule has 1 aliphatic rings. The maximum atomic E-state index is 12.2. The fraction of sp³-hybridized carbons (Fsp3) is 0.444. The van der Waals surface area contributed by atoms with Gasteiger partial charge in [0.15, 0.2) is 6.10 Å². The number of dihydropyridines is 1. The number of ether oxygens (including phenoxy) is 1. The average Bonchev–Trinajstić information content (AvgIpc) is 2.16. The molecule has 1 heterocycles. The summed E-state index contributed by atoms with van der Waals surface area (Å²) in [5, 5.41) is 2.38. The minimum absolute atomic E-state index is 0.109. The molecule has 2 atom stereocenters. The molecular formula is C9H10F3N2O2. The highest BCUT2D eigenvalue weighted by Crippen LogP contribution is 2.23. The van der Waals surface area contributed by atoms with E-state index in [2.05, 4.69) is 16.1 Å². The molecule has 7 heteroatoms. The molecule has 0 aromatic heterocycles. The molecule has 2 unspecified atom stereocenters. The third-order valence-corrected chi connectivity index (χ3v) is 1.84. The van der Waals surface area contributed by atoms with E-state index < -0.39 is 24.4 Å². The molecule has 0 saturated heterocycles. The number of nitrogens with one attached hydrogen (secondary N) is 1. The summed E-state index contributed by atoms with van der Waals surface area (Å²) in [4.78, 5) is 10.7. The third-order valence-electron chi connectivity index (χ3n) is 1.84. The number of carbonyl (C=O) groups is 1. The highest BCUT2D eigenvalue weighted by molar-refractivity contribution is 5.91. The topological polar surface area (TPSA) is 64.3 Å². The molecule has 4 nitrogen and oxygen atoms in total. The molecule has 1 rings (SSSR count). The highest BCUT2D eigenvalue weighted by atomic mass is 19.4. The van der Waals surface area contributed by atoms with Crippen LogP contribution in [0.2, 0.25) is 0 Å². The maximum absolute atomic E-state index is 12.2. The average molecular weight is 235 g/mol. The van der Waals surface area contributed by atoms with Crippen molar-refractivity contribution in [1.29, 1.82) is 0 Å². The maximum Gasteiger partial charge on any atom is 0.414 e. The van der Waals surface area contributed by atoms with E-state index in [0.717, 1.165) is 6.92 Å². The van der Waals surface area contributed by atoms with E-state index in [9.17, 15) is 18.0 Å². The van der Waals surface area contributed by atoms with E-state index >= 15 is 0 Å². The van der Waals surface area contributed by atoms with Gasteiger partial charge in [-0.1, -0.05) is 6.08 Å². The van der Waals surface area contributed by atoms with E-state index in [1.807, 2.05) is 0 Å². The predicted molar refractivity (Wildman–Crippen MR) is 48.6 cm³/mol. The molecule has 0 aliphatic carbocycles. The van der Waals surface area contributed by atoms with Crippen molar-refractivity contribution >= 4 is 5.91 Å². The predicted octanol–water partition coefficient (Wildman–Crippen LogP) is 0.612. The normalized spacial score (nSPS) is 22.2. The Morgan fingerprint density at radius 2 is 2.31 bits per heavy atom. The monoisotopic (exact) mass is 235 g/mol. The number of amides is 1. The minimum atomic E-state index is -4.45. The van der Waals surface area contributed by atoms with Gasteiger partial charge in [-0.05, 0) is 13.0 Å². The second kappa shape index (κ2) is 4.56. The lowest BCUT2D eigenvalue weighted by Gasteiger charge is -2.25. The Balaban J connectivity index is 2.57. The molecule has 0 aromatic rings. The summed E-state index contributed by atoms with van der Waals surface area (Å²) in [7, 11) is 0. The molecule has 0 saturated carbocycles. The minimum Gasteiger partial charge on any atom is -0.364 e. The zero-order valence-corrected chi connectivity index (χ0v) is 8.34. The van der Waals surface area contributed by atoms with Gasteiger partial charge in [0.05, 0.1) is 0 Å². The second-order valence-corrected chi connectivity index (χ2v) is 3.13. The molecule has 0 aromatic carbocycles. The van der Waals surface area contributed by atoms with Gasteiger partial charge >= 0.3 is 6.18 Å². The summed E-state index contributed by atoms with van der Waals surface area (Å²) >= 11 is 0. The third kappa shape index (κ3) is 3.27. The van der Waals surface area contributed by atoms with Crippen LogP contribution in [-0.2, 0) is 9.53 Å². The number of rotatable bonds is 3. The molecule has 1 aliphatic heterocycles. The first-order valence-electron chi connectivity index (χ1n) is 4.39. The van der Waals surface area contributed by atoms with Gasteiger partial charge < -0.3 is 15.8 Å². The fourth-order valence-corrected chi connectivity index (χ4v) is 0.970. The second-order valence-electron chi connectivity index (χ2n) is 3.13. The number of primary amides is 1. The van der Waals surface area contributed by atoms with E-state index in [0.29, 0.717) is 0 Å². The van der Waals surface area contributed by atoms with Gasteiger partial charge in [-0.15, -0.1) is 0 Å². The number of nitrogens with two attached hydrogens (primary N) is 1. The van der Waals surface area contributed by atoms with E-state index in [1.165, 1.54) is 12.2 Å². The van der Waals surface area contributed by atoms with Gasteiger partial charge in [0.2, 0.25) is 0 Å². The number of carbonyl (C=O) groups excluding carboxylic acids is 1. The van der Waals surface area contributed by atoms with Crippen molar-refractivity contribution < 1.29 is 22.7 Å². The van der Waals surface area contributed by atoms with E-state index in [4.69, 9.17) is 5.73 Å². The van der Waals surface area contributed by atoms with Crippen LogP contribution in [0.3, 0.4) is 0 Å². The summed E-state index contributed by atoms with van der Waals surface area (Å²) in [6.07, 6.45) is -2.40. The highest BCUT2D eigenvalue weighted by Gasteiger charge is 2.38. The lowest BCUT2D eigenvalue weighted by Crippen LogP contribution is -2.42.